The number of pyridine rings is 1. The number of rotatable bonds is 3. The molecule has 0 saturated carbocycles. The van der Waals surface area contributed by atoms with E-state index in [4.69, 9.17) is 4.74 Å². The number of phenols is 1. The number of benzene rings is 1. The van der Waals surface area contributed by atoms with Gasteiger partial charge in [0, 0.05) is 36.6 Å². The summed E-state index contributed by atoms with van der Waals surface area (Å²) < 4.78 is 5.39. The number of hydrogen-bond donors (Lipinski definition) is 2. The van der Waals surface area contributed by atoms with E-state index in [0.717, 1.165) is 40.5 Å². The maximum Gasteiger partial charge on any atom is 0.232 e. The number of thiazole rings is 1. The third kappa shape index (κ3) is 4.06. The van der Waals surface area contributed by atoms with E-state index < -0.39 is 0 Å². The average Bonchev–Trinajstić information content (AvgIpc) is 3.10. The number of ether oxygens (including phenoxy) is 1. The van der Waals surface area contributed by atoms with Crippen LogP contribution in [0.2, 0.25) is 0 Å². The van der Waals surface area contributed by atoms with Crippen LogP contribution < -0.4 is 4.90 Å². The summed E-state index contributed by atoms with van der Waals surface area (Å²) >= 11 is 1.46. The van der Waals surface area contributed by atoms with Crippen LogP contribution in [0, 0.1) is 0 Å². The number of morpholine rings is 1. The predicted molar refractivity (Wildman–Crippen MR) is 116 cm³/mol. The Morgan fingerprint density at radius 2 is 1.72 bits per heavy atom. The van der Waals surface area contributed by atoms with Crippen LogP contribution in [0.25, 0.3) is 21.6 Å². The molecule has 0 unspecified atom stereocenters. The number of anilines is 1. The molecule has 0 atom stereocenters. The molecule has 3 heterocycles. The smallest absolute Gasteiger partial charge is 0.232 e. The van der Waals surface area contributed by atoms with Gasteiger partial charge in [-0.15, -0.1) is 0 Å². The van der Waals surface area contributed by atoms with Gasteiger partial charge in [0.25, 0.3) is 0 Å². The zero-order valence-electron chi connectivity index (χ0n) is 16.8. The van der Waals surface area contributed by atoms with Gasteiger partial charge in [0.1, 0.15) is 10.6 Å². The topological polar surface area (TPSA) is 78.7 Å². The van der Waals surface area contributed by atoms with Gasteiger partial charge in [0.15, 0.2) is 5.13 Å². The molecule has 4 rings (SSSR count). The summed E-state index contributed by atoms with van der Waals surface area (Å²) in [5.74, 6) is 0.317. The van der Waals surface area contributed by atoms with Crippen molar-refractivity contribution in [2.45, 2.75) is 26.2 Å². The number of nitrogens with zero attached hydrogens (tertiary/aromatic N) is 3. The molecule has 7 heteroatoms. The summed E-state index contributed by atoms with van der Waals surface area (Å²) in [7, 11) is 0. The van der Waals surface area contributed by atoms with Crippen molar-refractivity contribution in [1.82, 2.24) is 9.97 Å². The molecule has 1 saturated heterocycles. The maximum atomic E-state index is 10.4. The summed E-state index contributed by atoms with van der Waals surface area (Å²) in [5.41, 5.74) is 3.43. The summed E-state index contributed by atoms with van der Waals surface area (Å²) in [6.45, 7) is 9.10. The van der Waals surface area contributed by atoms with E-state index in [1.807, 2.05) is 18.2 Å². The highest BCUT2D eigenvalue weighted by molar-refractivity contribution is 7.19. The van der Waals surface area contributed by atoms with Crippen molar-refractivity contribution < 1.29 is 14.9 Å². The average molecular weight is 412 g/mol. The third-order valence-corrected chi connectivity index (χ3v) is 6.17. The Morgan fingerprint density at radius 3 is 2.45 bits per heavy atom. The van der Waals surface area contributed by atoms with Gasteiger partial charge in [0.2, 0.25) is 5.88 Å². The van der Waals surface area contributed by atoms with Gasteiger partial charge in [0.05, 0.1) is 13.2 Å². The monoisotopic (exact) mass is 411 g/mol. The molecule has 0 amide bonds. The van der Waals surface area contributed by atoms with Crippen LogP contribution in [0.3, 0.4) is 0 Å². The summed E-state index contributed by atoms with van der Waals surface area (Å²) in [6, 6.07) is 7.62. The highest BCUT2D eigenvalue weighted by Gasteiger charge is 2.21. The van der Waals surface area contributed by atoms with Crippen molar-refractivity contribution in [3.8, 4) is 33.2 Å². The Labute approximate surface area is 174 Å². The highest BCUT2D eigenvalue weighted by Crippen LogP contribution is 2.40. The van der Waals surface area contributed by atoms with Crippen molar-refractivity contribution in [2.24, 2.45) is 0 Å². The lowest BCUT2D eigenvalue weighted by atomic mass is 9.84. The van der Waals surface area contributed by atoms with Crippen LogP contribution in [-0.2, 0) is 10.2 Å². The quantitative estimate of drug-likeness (QED) is 0.664. The van der Waals surface area contributed by atoms with Crippen LogP contribution in [0.4, 0.5) is 5.13 Å². The fourth-order valence-electron chi connectivity index (χ4n) is 3.42. The molecule has 1 aliphatic heterocycles. The lowest BCUT2D eigenvalue weighted by Crippen LogP contribution is -2.36. The number of hydrogen-bond acceptors (Lipinski definition) is 7. The van der Waals surface area contributed by atoms with Crippen molar-refractivity contribution in [3.63, 3.8) is 0 Å². The van der Waals surface area contributed by atoms with E-state index in [0.29, 0.717) is 23.8 Å². The Balaban J connectivity index is 1.69. The number of phenolic OH excluding ortho intramolecular Hbond substituents is 1. The molecule has 0 bridgehead atoms. The first-order chi connectivity index (χ1) is 13.8. The molecule has 2 N–H and O–H groups in total. The zero-order chi connectivity index (χ0) is 20.6. The van der Waals surface area contributed by atoms with Gasteiger partial charge in [-0.3, -0.25) is 4.98 Å². The summed E-state index contributed by atoms with van der Waals surface area (Å²) in [4.78, 5) is 11.6. The lowest BCUT2D eigenvalue weighted by molar-refractivity contribution is 0.122. The minimum atomic E-state index is -0.172. The van der Waals surface area contributed by atoms with Crippen molar-refractivity contribution in [2.75, 3.05) is 31.2 Å². The van der Waals surface area contributed by atoms with E-state index in [-0.39, 0.29) is 11.3 Å². The molecule has 0 radical (unpaired) electrons. The minimum Gasteiger partial charge on any atom is -0.508 e. The Hall–Kier alpha value is -2.64. The van der Waals surface area contributed by atoms with Crippen LogP contribution >= 0.6 is 11.3 Å². The second-order valence-electron chi connectivity index (χ2n) is 8.19. The van der Waals surface area contributed by atoms with Gasteiger partial charge < -0.3 is 19.8 Å². The fraction of sp³-hybridized carbons (Fsp3) is 0.364. The van der Waals surface area contributed by atoms with Gasteiger partial charge in [-0.05, 0) is 34.7 Å². The maximum absolute atomic E-state index is 10.4. The molecule has 152 valence electrons. The van der Waals surface area contributed by atoms with Crippen LogP contribution in [-0.4, -0.2) is 46.5 Å². The normalized spacial score (nSPS) is 14.9. The van der Waals surface area contributed by atoms with E-state index in [9.17, 15) is 10.2 Å². The standard InChI is InChI=1S/C22H25N3O3S/c1-22(2,3)17-11-14(4-5-18(17)26)15-10-16(13-23-12-15)19-20(27)24-21(29-19)25-6-8-28-9-7-25/h4-5,10-13,26-27H,6-9H2,1-3H3. The van der Waals surface area contributed by atoms with Crippen molar-refractivity contribution >= 4 is 16.5 Å². The van der Waals surface area contributed by atoms with Gasteiger partial charge in [-0.2, -0.15) is 4.98 Å². The molecule has 0 aliphatic carbocycles. The third-order valence-electron chi connectivity index (χ3n) is 5.02. The first-order valence-corrected chi connectivity index (χ1v) is 10.5. The van der Waals surface area contributed by atoms with Crippen LogP contribution in [0.1, 0.15) is 26.3 Å². The van der Waals surface area contributed by atoms with Crippen LogP contribution in [0.5, 0.6) is 11.6 Å². The van der Waals surface area contributed by atoms with E-state index in [1.165, 1.54) is 11.3 Å². The lowest BCUT2D eigenvalue weighted by Gasteiger charge is -2.25. The summed E-state index contributed by atoms with van der Waals surface area (Å²) in [6.07, 6.45) is 3.54. The SMILES string of the molecule is CC(C)(C)c1cc(-c2cncc(-c3sc(N4CCOCC4)nc3O)c2)ccc1O. The minimum absolute atomic E-state index is 0.0246. The van der Waals surface area contributed by atoms with Gasteiger partial charge in [-0.25, -0.2) is 0 Å². The van der Waals surface area contributed by atoms with Gasteiger partial charge >= 0.3 is 0 Å². The van der Waals surface area contributed by atoms with E-state index in [2.05, 4.69) is 35.6 Å². The molecule has 1 fully saturated rings. The highest BCUT2D eigenvalue weighted by atomic mass is 32.1. The van der Waals surface area contributed by atoms with Crippen LogP contribution in [0.15, 0.2) is 36.7 Å². The predicted octanol–water partition coefficient (Wildman–Crippen LogP) is 4.42. The number of aromatic nitrogens is 2. The molecule has 0 spiro atoms. The zero-order valence-corrected chi connectivity index (χ0v) is 17.7. The largest absolute Gasteiger partial charge is 0.508 e. The molecule has 1 aliphatic rings. The first-order valence-electron chi connectivity index (χ1n) is 9.65. The number of aromatic hydroxyl groups is 2. The molecule has 3 aromatic rings. The molecule has 29 heavy (non-hydrogen) atoms. The second-order valence-corrected chi connectivity index (χ2v) is 9.17. The molecule has 6 nitrogen and oxygen atoms in total. The molecule has 2 aromatic heterocycles. The van der Waals surface area contributed by atoms with Crippen molar-refractivity contribution in [1.29, 1.82) is 0 Å². The molecule has 1 aromatic carbocycles. The Morgan fingerprint density at radius 1 is 1.00 bits per heavy atom. The Kier molecular flexibility index (Phi) is 5.19. The fourth-order valence-corrected chi connectivity index (χ4v) is 4.41. The molecular weight excluding hydrogens is 386 g/mol. The first kappa shape index (κ1) is 19.7. The van der Waals surface area contributed by atoms with E-state index >= 15 is 0 Å². The van der Waals surface area contributed by atoms with Gasteiger partial charge in [-0.1, -0.05) is 38.2 Å². The van der Waals surface area contributed by atoms with E-state index in [1.54, 1.807) is 18.5 Å². The Bertz CT molecular complexity index is 1020. The molecular formula is C22H25N3O3S. The second kappa shape index (κ2) is 7.65. The van der Waals surface area contributed by atoms with Crippen molar-refractivity contribution in [3.05, 3.63) is 42.2 Å². The summed E-state index contributed by atoms with van der Waals surface area (Å²) in [5, 5.41) is 21.5.